The number of benzene rings is 3. The molecule has 6 heteroatoms. The van der Waals surface area contributed by atoms with Crippen molar-refractivity contribution in [3.63, 3.8) is 0 Å². The van der Waals surface area contributed by atoms with E-state index in [2.05, 4.69) is 22.9 Å². The van der Waals surface area contributed by atoms with Gasteiger partial charge in [0.25, 0.3) is 0 Å². The average molecular weight is 471 g/mol. The molecule has 0 saturated heterocycles. The predicted octanol–water partition coefficient (Wildman–Crippen LogP) is 6.68. The van der Waals surface area contributed by atoms with Gasteiger partial charge in [0.2, 0.25) is 0 Å². The minimum Gasteiger partial charge on any atom is -0.508 e. The van der Waals surface area contributed by atoms with Gasteiger partial charge in [-0.25, -0.2) is 0 Å². The number of phenolic OH excluding ortho intramolecular Hbond substituents is 1. The number of hydrogen-bond acceptors (Lipinski definition) is 4. The number of fused-ring (bicyclic) bond motifs is 1. The van der Waals surface area contributed by atoms with E-state index in [4.69, 9.17) is 14.9 Å². The zero-order valence-electron chi connectivity index (χ0n) is 19.9. The Kier molecular flexibility index (Phi) is 6.45. The number of carboxylic acids is 1. The van der Waals surface area contributed by atoms with E-state index in [-0.39, 0.29) is 18.1 Å². The number of aliphatic carboxylic acids is 1. The quantitative estimate of drug-likeness (QED) is 0.300. The van der Waals surface area contributed by atoms with Gasteiger partial charge in [-0.05, 0) is 72.4 Å². The molecule has 1 aliphatic carbocycles. The third kappa shape index (κ3) is 5.02. The summed E-state index contributed by atoms with van der Waals surface area (Å²) < 4.78 is 8.24. The van der Waals surface area contributed by atoms with Gasteiger partial charge in [-0.1, -0.05) is 44.0 Å². The molecule has 1 aromatic heterocycles. The van der Waals surface area contributed by atoms with Crippen LogP contribution in [-0.2, 0) is 11.4 Å². The topological polar surface area (TPSA) is 84.6 Å². The van der Waals surface area contributed by atoms with Crippen molar-refractivity contribution in [3.8, 4) is 22.8 Å². The summed E-state index contributed by atoms with van der Waals surface area (Å²) in [6.07, 6.45) is 4.84. The summed E-state index contributed by atoms with van der Waals surface area (Å²) in [6.45, 7) is 2.35. The Morgan fingerprint density at radius 3 is 2.46 bits per heavy atom. The lowest BCUT2D eigenvalue weighted by Crippen LogP contribution is -2.06. The third-order valence-corrected chi connectivity index (χ3v) is 6.92. The molecule has 1 heterocycles. The van der Waals surface area contributed by atoms with Crippen molar-refractivity contribution in [2.24, 2.45) is 0 Å². The van der Waals surface area contributed by atoms with Crippen LogP contribution in [0.1, 0.15) is 62.1 Å². The Balaban J connectivity index is 1.39. The molecular weight excluding hydrogens is 440 g/mol. The number of carbonyl (C=O) groups is 1. The van der Waals surface area contributed by atoms with E-state index in [1.54, 1.807) is 12.1 Å². The molecule has 0 spiro atoms. The van der Waals surface area contributed by atoms with Gasteiger partial charge in [0.1, 0.15) is 23.8 Å². The minimum absolute atomic E-state index is 0.0393. The van der Waals surface area contributed by atoms with Crippen LogP contribution in [0.4, 0.5) is 0 Å². The molecule has 35 heavy (non-hydrogen) atoms. The maximum Gasteiger partial charge on any atom is 0.303 e. The molecule has 1 fully saturated rings. The van der Waals surface area contributed by atoms with Crippen molar-refractivity contribution in [1.29, 1.82) is 0 Å². The maximum atomic E-state index is 11.0. The van der Waals surface area contributed by atoms with E-state index in [9.17, 15) is 9.90 Å². The van der Waals surface area contributed by atoms with Crippen LogP contribution in [0.25, 0.3) is 22.2 Å². The number of rotatable bonds is 8. The van der Waals surface area contributed by atoms with Gasteiger partial charge in [-0.2, -0.15) is 5.10 Å². The first-order valence-corrected chi connectivity index (χ1v) is 12.2. The molecule has 5 rings (SSSR count). The lowest BCUT2D eigenvalue weighted by atomic mass is 9.98. The highest BCUT2D eigenvalue weighted by Gasteiger charge is 2.22. The Morgan fingerprint density at radius 2 is 1.77 bits per heavy atom. The number of aromatic hydroxyl groups is 1. The standard InChI is InChI=1S/C29H30N2O4/c1-19(16-28(33)34)21-9-13-25(14-10-21)35-18-20-6-15-26-27(17-20)31(23-4-2-3-5-23)30-29(26)22-7-11-24(32)12-8-22/h6-15,17,19,23,32H,2-5,16,18H2,1H3,(H,33,34)/t19-/m1/s1. The van der Waals surface area contributed by atoms with Crippen LogP contribution in [0.15, 0.2) is 66.7 Å². The number of phenols is 1. The Bertz CT molecular complexity index is 1320. The van der Waals surface area contributed by atoms with Gasteiger partial charge in [0, 0.05) is 10.9 Å². The van der Waals surface area contributed by atoms with E-state index in [1.165, 1.54) is 12.8 Å². The molecule has 0 aliphatic heterocycles. The van der Waals surface area contributed by atoms with Crippen molar-refractivity contribution in [2.45, 2.75) is 57.6 Å². The number of nitrogens with zero attached hydrogens (tertiary/aromatic N) is 2. The second kappa shape index (κ2) is 9.82. The van der Waals surface area contributed by atoms with E-state index in [1.807, 2.05) is 43.3 Å². The fourth-order valence-corrected chi connectivity index (χ4v) is 4.97. The lowest BCUT2D eigenvalue weighted by molar-refractivity contribution is -0.137. The molecule has 1 saturated carbocycles. The van der Waals surface area contributed by atoms with Crippen LogP contribution < -0.4 is 4.74 Å². The summed E-state index contributed by atoms with van der Waals surface area (Å²) >= 11 is 0. The van der Waals surface area contributed by atoms with Gasteiger partial charge in [0.05, 0.1) is 18.0 Å². The van der Waals surface area contributed by atoms with Crippen LogP contribution in [0.5, 0.6) is 11.5 Å². The molecule has 2 N–H and O–H groups in total. The summed E-state index contributed by atoms with van der Waals surface area (Å²) in [5.41, 5.74) is 5.09. The number of carboxylic acid groups (broad SMARTS) is 1. The SMILES string of the molecule is C[C@H](CC(=O)O)c1ccc(OCc2ccc3c(-c4ccc(O)cc4)nn(C4CCCC4)c3c2)cc1. The van der Waals surface area contributed by atoms with Crippen molar-refractivity contribution in [2.75, 3.05) is 0 Å². The highest BCUT2D eigenvalue weighted by atomic mass is 16.5. The van der Waals surface area contributed by atoms with Crippen LogP contribution in [0.2, 0.25) is 0 Å². The molecule has 0 bridgehead atoms. The molecule has 0 unspecified atom stereocenters. The maximum absolute atomic E-state index is 11.0. The van der Waals surface area contributed by atoms with Gasteiger partial charge in [-0.3, -0.25) is 9.48 Å². The summed E-state index contributed by atoms with van der Waals surface area (Å²) in [7, 11) is 0. The summed E-state index contributed by atoms with van der Waals surface area (Å²) in [6, 6.07) is 21.7. The third-order valence-electron chi connectivity index (χ3n) is 6.92. The van der Waals surface area contributed by atoms with Gasteiger partial charge < -0.3 is 14.9 Å². The fourth-order valence-electron chi connectivity index (χ4n) is 4.97. The fraction of sp³-hybridized carbons (Fsp3) is 0.310. The average Bonchev–Trinajstić information content (AvgIpc) is 3.51. The molecule has 0 amide bonds. The summed E-state index contributed by atoms with van der Waals surface area (Å²) in [5.74, 6) is 0.170. The number of ether oxygens (including phenoxy) is 1. The van der Waals surface area contributed by atoms with Crippen LogP contribution in [-0.4, -0.2) is 26.0 Å². The predicted molar refractivity (Wildman–Crippen MR) is 136 cm³/mol. The van der Waals surface area contributed by atoms with Gasteiger partial charge >= 0.3 is 5.97 Å². The van der Waals surface area contributed by atoms with Gasteiger partial charge in [-0.15, -0.1) is 0 Å². The molecule has 4 aromatic rings. The van der Waals surface area contributed by atoms with E-state index >= 15 is 0 Å². The number of aromatic nitrogens is 2. The van der Waals surface area contributed by atoms with Crippen LogP contribution in [0.3, 0.4) is 0 Å². The Hall–Kier alpha value is -3.80. The highest BCUT2D eigenvalue weighted by Crippen LogP contribution is 2.36. The highest BCUT2D eigenvalue weighted by molar-refractivity contribution is 5.93. The zero-order chi connectivity index (χ0) is 24.4. The van der Waals surface area contributed by atoms with E-state index in [0.29, 0.717) is 12.6 Å². The van der Waals surface area contributed by atoms with Crippen molar-refractivity contribution in [3.05, 3.63) is 77.9 Å². The molecule has 180 valence electrons. The number of hydrogen-bond donors (Lipinski definition) is 2. The normalized spacial score (nSPS) is 14.9. The molecule has 1 aliphatic rings. The van der Waals surface area contributed by atoms with E-state index < -0.39 is 5.97 Å². The molecule has 3 aromatic carbocycles. The summed E-state index contributed by atoms with van der Waals surface area (Å²) in [4.78, 5) is 11.0. The van der Waals surface area contributed by atoms with Crippen LogP contribution in [0, 0.1) is 0 Å². The smallest absolute Gasteiger partial charge is 0.303 e. The van der Waals surface area contributed by atoms with E-state index in [0.717, 1.165) is 51.9 Å². The first-order valence-electron chi connectivity index (χ1n) is 12.2. The summed E-state index contributed by atoms with van der Waals surface area (Å²) in [5, 5.41) is 24.8. The second-order valence-electron chi connectivity index (χ2n) is 9.49. The van der Waals surface area contributed by atoms with Gasteiger partial charge in [0.15, 0.2) is 0 Å². The monoisotopic (exact) mass is 470 g/mol. The minimum atomic E-state index is -0.793. The first-order chi connectivity index (χ1) is 17.0. The van der Waals surface area contributed by atoms with Crippen molar-refractivity contribution >= 4 is 16.9 Å². The lowest BCUT2D eigenvalue weighted by Gasteiger charge is -2.13. The van der Waals surface area contributed by atoms with Crippen LogP contribution >= 0.6 is 0 Å². The second-order valence-corrected chi connectivity index (χ2v) is 9.49. The zero-order valence-corrected chi connectivity index (χ0v) is 19.9. The first kappa shape index (κ1) is 23.0. The molecular formula is C29H30N2O4. The molecule has 0 radical (unpaired) electrons. The largest absolute Gasteiger partial charge is 0.508 e. The Labute approximate surface area is 204 Å². The molecule has 6 nitrogen and oxygen atoms in total. The van der Waals surface area contributed by atoms with Crippen molar-refractivity contribution in [1.82, 2.24) is 9.78 Å². The molecule has 1 atom stereocenters. The Morgan fingerprint density at radius 1 is 1.06 bits per heavy atom. The van der Waals surface area contributed by atoms with Crippen molar-refractivity contribution < 1.29 is 19.7 Å².